The lowest BCUT2D eigenvalue weighted by Crippen LogP contribution is -2.61. The lowest BCUT2D eigenvalue weighted by molar-refractivity contribution is -0.152. The average molecular weight is 418 g/mol. The SMILES string of the molecule is CC(C)C(CCCN(C)C(CCCC(C(C)C)N1CC(F)(F)C1)C(C)C)N(C)C. The van der Waals surface area contributed by atoms with Crippen LogP contribution in [0, 0.1) is 17.8 Å². The number of hydrogen-bond acceptors (Lipinski definition) is 3. The smallest absolute Gasteiger partial charge is 0.272 e. The molecule has 0 bridgehead atoms. The highest BCUT2D eigenvalue weighted by molar-refractivity contribution is 4.92. The minimum atomic E-state index is -2.46. The van der Waals surface area contributed by atoms with Crippen molar-refractivity contribution in [3.8, 4) is 0 Å². The average Bonchev–Trinajstić information content (AvgIpc) is 2.55. The summed E-state index contributed by atoms with van der Waals surface area (Å²) in [5, 5.41) is 0. The van der Waals surface area contributed by atoms with Crippen molar-refractivity contribution in [3.63, 3.8) is 0 Å². The second-order valence-electron chi connectivity index (χ2n) is 10.7. The Morgan fingerprint density at radius 1 is 0.759 bits per heavy atom. The van der Waals surface area contributed by atoms with Gasteiger partial charge in [-0.25, -0.2) is 8.78 Å². The highest BCUT2D eigenvalue weighted by atomic mass is 19.3. The molecular formula is C24H49F2N3. The van der Waals surface area contributed by atoms with Crippen LogP contribution in [0.15, 0.2) is 0 Å². The lowest BCUT2D eigenvalue weighted by atomic mass is 9.90. The summed E-state index contributed by atoms with van der Waals surface area (Å²) in [6, 6.07) is 1.50. The van der Waals surface area contributed by atoms with E-state index in [1.54, 1.807) is 0 Å². The fraction of sp³-hybridized carbons (Fsp3) is 1.00. The van der Waals surface area contributed by atoms with Gasteiger partial charge in [0, 0.05) is 18.1 Å². The second kappa shape index (κ2) is 12.0. The fourth-order valence-corrected chi connectivity index (χ4v) is 5.22. The molecular weight excluding hydrogens is 368 g/mol. The summed E-state index contributed by atoms with van der Waals surface area (Å²) in [4.78, 5) is 6.89. The Hall–Kier alpha value is -0.260. The minimum Gasteiger partial charge on any atom is -0.306 e. The van der Waals surface area contributed by atoms with Crippen molar-refractivity contribution in [2.45, 2.75) is 97.7 Å². The zero-order valence-electron chi connectivity index (χ0n) is 20.7. The molecule has 3 nitrogen and oxygen atoms in total. The molecule has 3 atom stereocenters. The largest absolute Gasteiger partial charge is 0.306 e. The van der Waals surface area contributed by atoms with Crippen LogP contribution in [0.1, 0.15) is 73.6 Å². The Morgan fingerprint density at radius 3 is 1.69 bits per heavy atom. The van der Waals surface area contributed by atoms with Crippen LogP contribution >= 0.6 is 0 Å². The number of rotatable bonds is 14. The van der Waals surface area contributed by atoms with E-state index in [2.05, 4.69) is 72.5 Å². The van der Waals surface area contributed by atoms with E-state index in [0.717, 1.165) is 25.8 Å². The molecule has 0 aromatic rings. The summed E-state index contributed by atoms with van der Waals surface area (Å²) >= 11 is 0. The van der Waals surface area contributed by atoms with Gasteiger partial charge in [-0.2, -0.15) is 0 Å². The van der Waals surface area contributed by atoms with Gasteiger partial charge in [0.2, 0.25) is 0 Å². The van der Waals surface area contributed by atoms with Crippen molar-refractivity contribution in [2.24, 2.45) is 17.8 Å². The first-order valence-electron chi connectivity index (χ1n) is 11.8. The summed E-state index contributed by atoms with van der Waals surface area (Å²) in [5.74, 6) is -0.743. The van der Waals surface area contributed by atoms with Crippen LogP contribution in [0.2, 0.25) is 0 Å². The Kier molecular flexibility index (Phi) is 11.0. The summed E-state index contributed by atoms with van der Waals surface area (Å²) in [7, 11) is 6.63. The maximum absolute atomic E-state index is 13.3. The summed E-state index contributed by atoms with van der Waals surface area (Å²) < 4.78 is 26.6. The predicted molar refractivity (Wildman–Crippen MR) is 122 cm³/mol. The maximum Gasteiger partial charge on any atom is 0.272 e. The highest BCUT2D eigenvalue weighted by Crippen LogP contribution is 2.33. The molecule has 1 aliphatic rings. The summed E-state index contributed by atoms with van der Waals surface area (Å²) in [6.07, 6.45) is 5.75. The van der Waals surface area contributed by atoms with Gasteiger partial charge in [0.15, 0.2) is 0 Å². The monoisotopic (exact) mass is 417 g/mol. The van der Waals surface area contributed by atoms with Crippen LogP contribution < -0.4 is 0 Å². The quantitative estimate of drug-likeness (QED) is 0.372. The molecule has 1 rings (SSSR count). The standard InChI is InChI=1S/C24H49F2N3/c1-18(2)21(27(7)8)14-11-15-28(9)22(19(3)4)12-10-13-23(20(5)6)29-16-24(25,26)17-29/h18-23H,10-17H2,1-9H3. The molecule has 1 fully saturated rings. The van der Waals surface area contributed by atoms with Crippen LogP contribution in [-0.4, -0.2) is 79.5 Å². The first-order valence-corrected chi connectivity index (χ1v) is 11.8. The number of alkyl halides is 2. The predicted octanol–water partition coefficient (Wildman–Crippen LogP) is 5.46. The molecule has 174 valence electrons. The molecule has 0 radical (unpaired) electrons. The molecule has 1 saturated heterocycles. The molecule has 0 aliphatic carbocycles. The Bertz CT molecular complexity index is 435. The third-order valence-electron chi connectivity index (χ3n) is 6.89. The molecule has 0 aromatic carbocycles. The van der Waals surface area contributed by atoms with E-state index in [1.807, 2.05) is 4.90 Å². The fourth-order valence-electron chi connectivity index (χ4n) is 5.22. The second-order valence-corrected chi connectivity index (χ2v) is 10.7. The van der Waals surface area contributed by atoms with Crippen molar-refractivity contribution in [3.05, 3.63) is 0 Å². The molecule has 5 heteroatoms. The van der Waals surface area contributed by atoms with Crippen LogP contribution in [0.5, 0.6) is 0 Å². The molecule has 0 amide bonds. The first kappa shape index (κ1) is 26.8. The van der Waals surface area contributed by atoms with E-state index in [0.29, 0.717) is 35.9 Å². The maximum atomic E-state index is 13.3. The normalized spacial score (nSPS) is 20.7. The minimum absolute atomic E-state index is 0.0494. The molecule has 1 heterocycles. The molecule has 0 aromatic heterocycles. The Labute approximate surface area is 180 Å². The number of hydrogen-bond donors (Lipinski definition) is 0. The lowest BCUT2D eigenvalue weighted by Gasteiger charge is -2.45. The number of likely N-dealkylation sites (tertiary alicyclic amines) is 1. The van der Waals surface area contributed by atoms with Crippen LogP contribution in [0.25, 0.3) is 0 Å². The van der Waals surface area contributed by atoms with Crippen LogP contribution in [0.3, 0.4) is 0 Å². The third kappa shape index (κ3) is 8.78. The first-order chi connectivity index (χ1) is 13.4. The van der Waals surface area contributed by atoms with Crippen LogP contribution in [-0.2, 0) is 0 Å². The van der Waals surface area contributed by atoms with Gasteiger partial charge in [0.25, 0.3) is 5.92 Å². The molecule has 0 N–H and O–H groups in total. The number of halogens is 2. The third-order valence-corrected chi connectivity index (χ3v) is 6.89. The van der Waals surface area contributed by atoms with Crippen molar-refractivity contribution >= 4 is 0 Å². The Balaban J connectivity index is 2.47. The molecule has 0 spiro atoms. The van der Waals surface area contributed by atoms with E-state index in [-0.39, 0.29) is 13.1 Å². The molecule has 0 saturated carbocycles. The van der Waals surface area contributed by atoms with E-state index in [4.69, 9.17) is 0 Å². The van der Waals surface area contributed by atoms with Gasteiger partial charge in [-0.05, 0) is 71.1 Å². The summed E-state index contributed by atoms with van der Waals surface area (Å²) in [6.45, 7) is 14.6. The van der Waals surface area contributed by atoms with Gasteiger partial charge >= 0.3 is 0 Å². The van der Waals surface area contributed by atoms with Crippen molar-refractivity contribution in [2.75, 3.05) is 40.8 Å². The Morgan fingerprint density at radius 2 is 1.28 bits per heavy atom. The van der Waals surface area contributed by atoms with Crippen molar-refractivity contribution in [1.82, 2.24) is 14.7 Å². The molecule has 3 unspecified atom stereocenters. The van der Waals surface area contributed by atoms with Crippen molar-refractivity contribution < 1.29 is 8.78 Å². The van der Waals surface area contributed by atoms with E-state index >= 15 is 0 Å². The van der Waals surface area contributed by atoms with E-state index < -0.39 is 5.92 Å². The topological polar surface area (TPSA) is 9.72 Å². The van der Waals surface area contributed by atoms with Gasteiger partial charge in [0.1, 0.15) is 0 Å². The van der Waals surface area contributed by atoms with Gasteiger partial charge in [-0.3, -0.25) is 4.90 Å². The zero-order chi connectivity index (χ0) is 22.4. The van der Waals surface area contributed by atoms with E-state index in [1.165, 1.54) is 12.8 Å². The molecule has 29 heavy (non-hydrogen) atoms. The van der Waals surface area contributed by atoms with Gasteiger partial charge < -0.3 is 9.80 Å². The van der Waals surface area contributed by atoms with Gasteiger partial charge in [0.05, 0.1) is 13.1 Å². The number of nitrogens with zero attached hydrogens (tertiary/aromatic N) is 3. The van der Waals surface area contributed by atoms with Gasteiger partial charge in [-0.1, -0.05) is 48.0 Å². The van der Waals surface area contributed by atoms with Crippen LogP contribution in [0.4, 0.5) is 8.78 Å². The highest BCUT2D eigenvalue weighted by Gasteiger charge is 2.46. The van der Waals surface area contributed by atoms with E-state index in [9.17, 15) is 8.78 Å². The molecule has 1 aliphatic heterocycles. The van der Waals surface area contributed by atoms with Crippen molar-refractivity contribution in [1.29, 1.82) is 0 Å². The summed E-state index contributed by atoms with van der Waals surface area (Å²) in [5.41, 5.74) is 0. The zero-order valence-corrected chi connectivity index (χ0v) is 20.7. The van der Waals surface area contributed by atoms with Gasteiger partial charge in [-0.15, -0.1) is 0 Å².